The Kier molecular flexibility index (Phi) is 3.31. The molecule has 1 aromatic heterocycles. The molecule has 0 radical (unpaired) electrons. The Morgan fingerprint density at radius 2 is 1.67 bits per heavy atom. The summed E-state index contributed by atoms with van der Waals surface area (Å²) in [6.07, 6.45) is 1.98. The van der Waals surface area contributed by atoms with Gasteiger partial charge < -0.3 is 0 Å². The van der Waals surface area contributed by atoms with Gasteiger partial charge in [0.1, 0.15) is 7.05 Å². The van der Waals surface area contributed by atoms with E-state index in [1.807, 2.05) is 75.0 Å². The minimum Gasteiger partial charge on any atom is -0.201 e. The molecular weight excluding hydrogens is 290 g/mol. The Morgan fingerprint density at radius 3 is 2.42 bits per heavy atom. The number of rotatable bonds is 3. The molecule has 0 fully saturated rings. The second-order valence-corrected chi connectivity index (χ2v) is 6.44. The molecule has 0 saturated heterocycles. The van der Waals surface area contributed by atoms with Crippen molar-refractivity contribution >= 4 is 0 Å². The standard InChI is InChI=1S/C23H26N/c1-16(2)19-13-14-24(5)23(15-19)22-12-8-11-21(18(22)4)20-10-7-6-9-17(20)3/h6-16H,1-5H3/q+1/i3D3,16D. The van der Waals surface area contributed by atoms with E-state index in [4.69, 9.17) is 5.48 Å². The normalized spacial score (nSPS) is 14.5. The van der Waals surface area contributed by atoms with Crippen molar-refractivity contribution in [2.45, 2.75) is 33.5 Å². The predicted octanol–water partition coefficient (Wildman–Crippen LogP) is 5.59. The van der Waals surface area contributed by atoms with Gasteiger partial charge in [0, 0.05) is 23.2 Å². The zero-order chi connectivity index (χ0) is 20.7. The SMILES string of the molecule is [2H]C([2H])([2H])c1ccccc1-c1cccc(-c2cc(C([2H])(C)C)cc[n+]2C)c1C. The number of pyridine rings is 1. The third-order valence-electron chi connectivity index (χ3n) is 4.55. The van der Waals surface area contributed by atoms with Crippen molar-refractivity contribution in [3.8, 4) is 22.4 Å². The second kappa shape index (κ2) is 6.60. The first-order valence-corrected chi connectivity index (χ1v) is 8.20. The molecule has 0 amide bonds. The maximum atomic E-state index is 8.36. The number of hydrogen-bond donors (Lipinski definition) is 0. The molecule has 2 aromatic carbocycles. The van der Waals surface area contributed by atoms with Gasteiger partial charge in [-0.05, 0) is 53.6 Å². The predicted molar refractivity (Wildman–Crippen MR) is 102 cm³/mol. The highest BCUT2D eigenvalue weighted by Crippen LogP contribution is 2.32. The van der Waals surface area contributed by atoms with E-state index in [0.717, 1.165) is 33.5 Å². The van der Waals surface area contributed by atoms with Gasteiger partial charge in [-0.1, -0.05) is 50.2 Å². The van der Waals surface area contributed by atoms with Crippen LogP contribution >= 0.6 is 0 Å². The monoisotopic (exact) mass is 320 g/mol. The summed E-state index contributed by atoms with van der Waals surface area (Å²) in [5.74, 6) is -0.692. The van der Waals surface area contributed by atoms with Crippen LogP contribution < -0.4 is 4.57 Å². The first kappa shape index (κ1) is 12.0. The van der Waals surface area contributed by atoms with Gasteiger partial charge in [-0.3, -0.25) is 0 Å². The molecule has 0 N–H and O–H groups in total. The van der Waals surface area contributed by atoms with Crippen molar-refractivity contribution in [1.82, 2.24) is 0 Å². The fourth-order valence-corrected chi connectivity index (χ4v) is 3.07. The zero-order valence-electron chi connectivity index (χ0n) is 18.7. The van der Waals surface area contributed by atoms with Crippen LogP contribution in [0.25, 0.3) is 22.4 Å². The number of benzene rings is 2. The first-order chi connectivity index (χ1) is 13.0. The Labute approximate surface area is 151 Å². The minimum atomic E-state index is -2.17. The highest BCUT2D eigenvalue weighted by molar-refractivity contribution is 5.77. The molecule has 3 rings (SSSR count). The molecule has 24 heavy (non-hydrogen) atoms. The van der Waals surface area contributed by atoms with Gasteiger partial charge in [0.25, 0.3) is 0 Å². The summed E-state index contributed by atoms with van der Waals surface area (Å²) >= 11 is 0. The van der Waals surface area contributed by atoms with Crippen LogP contribution in [0.2, 0.25) is 0 Å². The van der Waals surface area contributed by atoms with E-state index in [1.54, 1.807) is 12.1 Å². The van der Waals surface area contributed by atoms with Crippen LogP contribution in [0.3, 0.4) is 0 Å². The third-order valence-corrected chi connectivity index (χ3v) is 4.55. The quantitative estimate of drug-likeness (QED) is 0.554. The van der Waals surface area contributed by atoms with Gasteiger partial charge in [0.05, 0.1) is 0 Å². The summed E-state index contributed by atoms with van der Waals surface area (Å²) in [5.41, 5.74) is 6.01. The highest BCUT2D eigenvalue weighted by Gasteiger charge is 2.17. The largest absolute Gasteiger partial charge is 0.212 e. The van der Waals surface area contributed by atoms with Crippen LogP contribution in [0, 0.1) is 13.8 Å². The fraction of sp³-hybridized carbons (Fsp3) is 0.261. The summed E-state index contributed by atoms with van der Waals surface area (Å²) in [7, 11) is 1.98. The summed E-state index contributed by atoms with van der Waals surface area (Å²) in [5, 5.41) is 0. The molecule has 1 nitrogen and oxygen atoms in total. The summed E-state index contributed by atoms with van der Waals surface area (Å²) in [6.45, 7) is 3.61. The molecule has 0 aliphatic carbocycles. The molecule has 3 aromatic rings. The highest BCUT2D eigenvalue weighted by atomic mass is 14.9. The molecule has 0 aliphatic heterocycles. The lowest BCUT2D eigenvalue weighted by Crippen LogP contribution is -2.30. The molecule has 0 atom stereocenters. The van der Waals surface area contributed by atoms with Crippen LogP contribution in [-0.4, -0.2) is 0 Å². The third kappa shape index (κ3) is 2.99. The zero-order valence-corrected chi connectivity index (χ0v) is 14.7. The van der Waals surface area contributed by atoms with E-state index in [1.165, 1.54) is 0 Å². The molecular formula is C23H26N+. The lowest BCUT2D eigenvalue weighted by atomic mass is 9.91. The molecule has 0 aliphatic rings. The topological polar surface area (TPSA) is 3.88 Å². The van der Waals surface area contributed by atoms with E-state index >= 15 is 0 Å². The van der Waals surface area contributed by atoms with E-state index in [0.29, 0.717) is 5.56 Å². The fourth-order valence-electron chi connectivity index (χ4n) is 3.07. The van der Waals surface area contributed by atoms with Gasteiger partial charge >= 0.3 is 0 Å². The smallest absolute Gasteiger partial charge is 0.201 e. The molecule has 0 bridgehead atoms. The molecule has 1 heterocycles. The maximum Gasteiger partial charge on any atom is 0.212 e. The number of aromatic nitrogens is 1. The summed E-state index contributed by atoms with van der Waals surface area (Å²) in [4.78, 5) is 0. The Bertz CT molecular complexity index is 1010. The minimum absolute atomic E-state index is 0.362. The Morgan fingerprint density at radius 1 is 0.958 bits per heavy atom. The van der Waals surface area contributed by atoms with Gasteiger partial charge in [0.15, 0.2) is 6.20 Å². The van der Waals surface area contributed by atoms with E-state index in [9.17, 15) is 0 Å². The molecule has 0 saturated carbocycles. The van der Waals surface area contributed by atoms with Crippen molar-refractivity contribution < 1.29 is 10.1 Å². The van der Waals surface area contributed by atoms with E-state index < -0.39 is 12.7 Å². The molecule has 122 valence electrons. The Hall–Kier alpha value is -2.41. The molecule has 0 spiro atoms. The second-order valence-electron chi connectivity index (χ2n) is 6.44. The van der Waals surface area contributed by atoms with Gasteiger partial charge in [-0.15, -0.1) is 0 Å². The van der Waals surface area contributed by atoms with Crippen molar-refractivity contribution in [3.63, 3.8) is 0 Å². The number of nitrogens with zero attached hydrogens (tertiary/aromatic N) is 1. The van der Waals surface area contributed by atoms with E-state index in [-0.39, 0.29) is 0 Å². The van der Waals surface area contributed by atoms with Crippen molar-refractivity contribution in [2.24, 2.45) is 7.05 Å². The van der Waals surface area contributed by atoms with Crippen LogP contribution in [0.5, 0.6) is 0 Å². The van der Waals surface area contributed by atoms with Crippen molar-refractivity contribution in [3.05, 3.63) is 77.5 Å². The van der Waals surface area contributed by atoms with Gasteiger partial charge in [-0.2, -0.15) is 0 Å². The average molecular weight is 320 g/mol. The van der Waals surface area contributed by atoms with Gasteiger partial charge in [-0.25, -0.2) is 4.57 Å². The maximum absolute atomic E-state index is 8.36. The lowest BCUT2D eigenvalue weighted by molar-refractivity contribution is -0.660. The van der Waals surface area contributed by atoms with Crippen molar-refractivity contribution in [2.75, 3.05) is 0 Å². The number of hydrogen-bond acceptors (Lipinski definition) is 0. The van der Waals surface area contributed by atoms with Crippen LogP contribution in [0.1, 0.15) is 41.9 Å². The summed E-state index contributed by atoms with van der Waals surface area (Å²) < 4.78 is 34.1. The van der Waals surface area contributed by atoms with Crippen LogP contribution in [-0.2, 0) is 7.05 Å². The van der Waals surface area contributed by atoms with Crippen LogP contribution in [0.15, 0.2) is 60.8 Å². The van der Waals surface area contributed by atoms with Gasteiger partial charge in [0.2, 0.25) is 5.69 Å². The van der Waals surface area contributed by atoms with Crippen LogP contribution in [0.4, 0.5) is 0 Å². The van der Waals surface area contributed by atoms with Crippen molar-refractivity contribution in [1.29, 1.82) is 0 Å². The summed E-state index contributed by atoms with van der Waals surface area (Å²) in [6, 6.07) is 17.2. The molecule has 0 unspecified atom stereocenters. The average Bonchev–Trinajstić information content (AvgIpc) is 2.61. The number of aryl methyl sites for hydroxylation is 2. The first-order valence-electron chi connectivity index (χ1n) is 10.2. The lowest BCUT2D eigenvalue weighted by Gasteiger charge is -2.13. The Balaban J connectivity index is 2.23. The van der Waals surface area contributed by atoms with E-state index in [2.05, 4.69) is 6.07 Å². The molecule has 1 heteroatoms.